The molecule has 0 spiro atoms. The van der Waals surface area contributed by atoms with Crippen LogP contribution in [0.5, 0.6) is 0 Å². The highest BCUT2D eigenvalue weighted by atomic mass is 79.9. The molecule has 0 fully saturated rings. The van der Waals surface area contributed by atoms with E-state index in [0.717, 1.165) is 6.07 Å². The molecule has 0 bridgehead atoms. The smallest absolute Gasteiger partial charge is 0.336 e. The molecule has 0 radical (unpaired) electrons. The van der Waals surface area contributed by atoms with Crippen LogP contribution in [0.4, 0.5) is 0 Å². The lowest BCUT2D eigenvalue weighted by molar-refractivity contribution is 0.0695. The predicted molar refractivity (Wildman–Crippen MR) is 77.2 cm³/mol. The van der Waals surface area contributed by atoms with Gasteiger partial charge in [-0.1, -0.05) is 0 Å². The Morgan fingerprint density at radius 2 is 2.10 bits per heavy atom. The molecule has 1 unspecified atom stereocenters. The largest absolute Gasteiger partial charge is 0.478 e. The molecular formula is C12H16BrNO5S. The van der Waals surface area contributed by atoms with Gasteiger partial charge in [-0.25, -0.2) is 17.9 Å². The summed E-state index contributed by atoms with van der Waals surface area (Å²) in [5.41, 5.74) is -0.114. The lowest BCUT2D eigenvalue weighted by Gasteiger charge is -2.09. The van der Waals surface area contributed by atoms with E-state index in [2.05, 4.69) is 20.7 Å². The number of halogens is 1. The molecular weight excluding hydrogens is 350 g/mol. The lowest BCUT2D eigenvalue weighted by atomic mass is 10.2. The van der Waals surface area contributed by atoms with Crippen LogP contribution in [-0.4, -0.2) is 37.2 Å². The molecule has 1 rings (SSSR count). The Kier molecular flexibility index (Phi) is 6.12. The minimum absolute atomic E-state index is 0.102. The molecule has 20 heavy (non-hydrogen) atoms. The third-order valence-electron chi connectivity index (χ3n) is 2.57. The third kappa shape index (κ3) is 4.86. The number of aliphatic hydroxyl groups is 1. The van der Waals surface area contributed by atoms with Crippen molar-refractivity contribution in [2.45, 2.75) is 30.8 Å². The third-order valence-corrected chi connectivity index (χ3v) is 4.72. The van der Waals surface area contributed by atoms with Gasteiger partial charge in [-0.15, -0.1) is 0 Å². The van der Waals surface area contributed by atoms with Crippen LogP contribution in [0.25, 0.3) is 0 Å². The maximum absolute atomic E-state index is 12.0. The predicted octanol–water partition coefficient (Wildman–Crippen LogP) is 1.59. The van der Waals surface area contributed by atoms with E-state index >= 15 is 0 Å². The van der Waals surface area contributed by atoms with Gasteiger partial charge in [-0.3, -0.25) is 0 Å². The van der Waals surface area contributed by atoms with Gasteiger partial charge in [-0.05, 0) is 53.9 Å². The van der Waals surface area contributed by atoms with Gasteiger partial charge in [-0.2, -0.15) is 0 Å². The van der Waals surface area contributed by atoms with Gasteiger partial charge >= 0.3 is 5.97 Å². The first-order valence-corrected chi connectivity index (χ1v) is 8.22. The van der Waals surface area contributed by atoms with E-state index in [9.17, 15) is 13.2 Å². The van der Waals surface area contributed by atoms with Crippen molar-refractivity contribution in [1.82, 2.24) is 4.72 Å². The Bertz CT molecular complexity index is 586. The van der Waals surface area contributed by atoms with Crippen molar-refractivity contribution in [2.24, 2.45) is 0 Å². The van der Waals surface area contributed by atoms with Crippen LogP contribution in [-0.2, 0) is 10.0 Å². The average Bonchev–Trinajstić information content (AvgIpc) is 2.34. The molecule has 3 N–H and O–H groups in total. The molecule has 0 aliphatic rings. The van der Waals surface area contributed by atoms with Crippen LogP contribution < -0.4 is 4.72 Å². The quantitative estimate of drug-likeness (QED) is 0.636. The van der Waals surface area contributed by atoms with Crippen molar-refractivity contribution >= 4 is 31.9 Å². The summed E-state index contributed by atoms with van der Waals surface area (Å²) in [5.74, 6) is -1.21. The van der Waals surface area contributed by atoms with Gasteiger partial charge < -0.3 is 10.2 Å². The van der Waals surface area contributed by atoms with E-state index in [1.165, 1.54) is 12.1 Å². The van der Waals surface area contributed by atoms with E-state index < -0.39 is 22.1 Å². The standard InChI is InChI=1S/C12H16BrNO5S/c1-8(15)3-2-6-14-20(18,19)9-4-5-11(13)10(7-9)12(16)17/h4-5,7-8,14-15H,2-3,6H2,1H3,(H,16,17). The van der Waals surface area contributed by atoms with Crippen LogP contribution in [0.2, 0.25) is 0 Å². The first-order valence-electron chi connectivity index (χ1n) is 5.94. The number of carboxylic acids is 1. The van der Waals surface area contributed by atoms with Crippen molar-refractivity contribution in [2.75, 3.05) is 6.54 Å². The van der Waals surface area contributed by atoms with E-state index in [1.54, 1.807) is 6.92 Å². The molecule has 0 heterocycles. The van der Waals surface area contributed by atoms with Crippen LogP contribution in [0, 0.1) is 0 Å². The number of hydrogen-bond donors (Lipinski definition) is 3. The molecule has 6 nitrogen and oxygen atoms in total. The fraction of sp³-hybridized carbons (Fsp3) is 0.417. The van der Waals surface area contributed by atoms with Crippen LogP contribution >= 0.6 is 15.9 Å². The number of benzene rings is 1. The monoisotopic (exact) mass is 365 g/mol. The number of carboxylic acid groups (broad SMARTS) is 1. The van der Waals surface area contributed by atoms with E-state index in [0.29, 0.717) is 17.3 Å². The maximum atomic E-state index is 12.0. The highest BCUT2D eigenvalue weighted by Gasteiger charge is 2.17. The maximum Gasteiger partial charge on any atom is 0.336 e. The molecule has 0 aromatic heterocycles. The molecule has 0 aliphatic heterocycles. The van der Waals surface area contributed by atoms with Gasteiger partial charge in [0.05, 0.1) is 16.6 Å². The second-order valence-corrected chi connectivity index (χ2v) is 6.96. The zero-order chi connectivity index (χ0) is 15.3. The summed E-state index contributed by atoms with van der Waals surface area (Å²) in [7, 11) is -3.75. The van der Waals surface area contributed by atoms with Gasteiger partial charge in [0.15, 0.2) is 0 Å². The summed E-state index contributed by atoms with van der Waals surface area (Å²) >= 11 is 3.05. The SMILES string of the molecule is CC(O)CCCNS(=O)(=O)c1ccc(Br)c(C(=O)O)c1. The Labute approximate surface area is 126 Å². The van der Waals surface area contributed by atoms with Crippen LogP contribution in [0.3, 0.4) is 0 Å². The number of rotatable bonds is 7. The first-order chi connectivity index (χ1) is 9.24. The summed E-state index contributed by atoms with van der Waals surface area (Å²) in [6, 6.07) is 3.81. The average molecular weight is 366 g/mol. The van der Waals surface area contributed by atoms with Gasteiger partial charge in [0, 0.05) is 11.0 Å². The van der Waals surface area contributed by atoms with Crippen LogP contribution in [0.1, 0.15) is 30.1 Å². The number of aliphatic hydroxyl groups excluding tert-OH is 1. The minimum atomic E-state index is -3.75. The van der Waals surface area contributed by atoms with Crippen molar-refractivity contribution < 1.29 is 23.4 Å². The molecule has 112 valence electrons. The number of hydrogen-bond acceptors (Lipinski definition) is 4. The second-order valence-electron chi connectivity index (χ2n) is 4.34. The van der Waals surface area contributed by atoms with Crippen molar-refractivity contribution in [3.63, 3.8) is 0 Å². The molecule has 8 heteroatoms. The molecule has 1 atom stereocenters. The molecule has 0 amide bonds. The van der Waals surface area contributed by atoms with E-state index in [4.69, 9.17) is 10.2 Å². The molecule has 1 aromatic carbocycles. The second kappa shape index (κ2) is 7.16. The lowest BCUT2D eigenvalue weighted by Crippen LogP contribution is -2.25. The Balaban J connectivity index is 2.82. The van der Waals surface area contributed by atoms with Crippen molar-refractivity contribution in [1.29, 1.82) is 0 Å². The molecule has 0 saturated heterocycles. The van der Waals surface area contributed by atoms with Crippen molar-refractivity contribution in [3.8, 4) is 0 Å². The summed E-state index contributed by atoms with van der Waals surface area (Å²) in [6.07, 6.45) is 0.508. The topological polar surface area (TPSA) is 104 Å². The van der Waals surface area contributed by atoms with Crippen LogP contribution in [0.15, 0.2) is 27.6 Å². The zero-order valence-corrected chi connectivity index (χ0v) is 13.2. The summed E-state index contributed by atoms with van der Waals surface area (Å²) in [6.45, 7) is 1.81. The summed E-state index contributed by atoms with van der Waals surface area (Å²) < 4.78 is 26.6. The Morgan fingerprint density at radius 1 is 1.45 bits per heavy atom. The number of sulfonamides is 1. The minimum Gasteiger partial charge on any atom is -0.478 e. The molecule has 0 aliphatic carbocycles. The number of carbonyl (C=O) groups is 1. The summed E-state index contributed by atoms with van der Waals surface area (Å²) in [4.78, 5) is 10.9. The first kappa shape index (κ1) is 17.1. The van der Waals surface area contributed by atoms with Gasteiger partial charge in [0.25, 0.3) is 0 Å². The Morgan fingerprint density at radius 3 is 2.65 bits per heavy atom. The molecule has 1 aromatic rings. The van der Waals surface area contributed by atoms with E-state index in [1.807, 2.05) is 0 Å². The van der Waals surface area contributed by atoms with E-state index in [-0.39, 0.29) is 17.0 Å². The Hall–Kier alpha value is -0.960. The fourth-order valence-corrected chi connectivity index (χ4v) is 3.04. The fourth-order valence-electron chi connectivity index (χ4n) is 1.52. The highest BCUT2D eigenvalue weighted by molar-refractivity contribution is 9.10. The zero-order valence-electron chi connectivity index (χ0n) is 10.8. The number of nitrogens with one attached hydrogen (secondary N) is 1. The van der Waals surface area contributed by atoms with Gasteiger partial charge in [0.2, 0.25) is 10.0 Å². The normalized spacial score (nSPS) is 13.2. The highest BCUT2D eigenvalue weighted by Crippen LogP contribution is 2.21. The van der Waals surface area contributed by atoms with Gasteiger partial charge in [0.1, 0.15) is 0 Å². The number of aromatic carboxylic acids is 1. The summed E-state index contributed by atoms with van der Waals surface area (Å²) in [5, 5.41) is 18.0. The molecule has 0 saturated carbocycles. The van der Waals surface area contributed by atoms with Crippen molar-refractivity contribution in [3.05, 3.63) is 28.2 Å².